The maximum Gasteiger partial charge on any atom is 0.254 e. The smallest absolute Gasteiger partial charge is 0.254 e. The minimum Gasteiger partial charge on any atom is -0.290 e. The van der Waals surface area contributed by atoms with E-state index < -0.39 is 0 Å². The molecule has 24 heavy (non-hydrogen) atoms. The van der Waals surface area contributed by atoms with E-state index >= 15 is 0 Å². The van der Waals surface area contributed by atoms with E-state index in [2.05, 4.69) is 61.1 Å². The van der Waals surface area contributed by atoms with E-state index in [1.165, 1.54) is 5.56 Å². The van der Waals surface area contributed by atoms with Gasteiger partial charge in [-0.3, -0.25) is 4.79 Å². The number of hydrogen-bond donors (Lipinski definition) is 0. The molecule has 0 amide bonds. The summed E-state index contributed by atoms with van der Waals surface area (Å²) in [5, 5.41) is 0. The minimum atomic E-state index is 0.0998. The van der Waals surface area contributed by atoms with Crippen molar-refractivity contribution in [1.82, 2.24) is 4.57 Å². The summed E-state index contributed by atoms with van der Waals surface area (Å²) in [6, 6.07) is 16.2. The van der Waals surface area contributed by atoms with Crippen LogP contribution in [0, 0.1) is 6.92 Å². The Bertz CT molecular complexity index is 896. The first kappa shape index (κ1) is 16.4. The van der Waals surface area contributed by atoms with Crippen LogP contribution in [0.2, 0.25) is 0 Å². The van der Waals surface area contributed by atoms with Crippen molar-refractivity contribution in [3.05, 3.63) is 65.5 Å². The normalized spacial score (nSPS) is 11.9. The van der Waals surface area contributed by atoms with E-state index in [4.69, 9.17) is 0 Å². The van der Waals surface area contributed by atoms with Crippen LogP contribution in [-0.2, 0) is 19.0 Å². The second kappa shape index (κ2) is 5.90. The van der Waals surface area contributed by atoms with Gasteiger partial charge in [-0.15, -0.1) is 0 Å². The van der Waals surface area contributed by atoms with E-state index in [-0.39, 0.29) is 11.2 Å². The molecule has 0 aliphatic rings. The fourth-order valence-corrected chi connectivity index (χ4v) is 3.10. The van der Waals surface area contributed by atoms with Gasteiger partial charge in [0, 0.05) is 12.5 Å². The first-order valence-electron chi connectivity index (χ1n) is 8.36. The molecule has 0 saturated heterocycles. The summed E-state index contributed by atoms with van der Waals surface area (Å²) in [5.74, 6) is 1.22. The predicted molar refractivity (Wildman–Crippen MR) is 97.3 cm³/mol. The van der Waals surface area contributed by atoms with E-state index in [0.717, 1.165) is 22.4 Å². The van der Waals surface area contributed by atoms with Crippen LogP contribution in [-0.4, -0.2) is 10.4 Å². The maximum atomic E-state index is 12.8. The molecule has 0 fully saturated rings. The molecule has 3 heteroatoms. The molecule has 0 aliphatic heterocycles. The molecular formula is C21H25N2O+. The first-order valence-corrected chi connectivity index (χ1v) is 8.36. The average molecular weight is 321 g/mol. The van der Waals surface area contributed by atoms with Crippen LogP contribution in [0.15, 0.2) is 48.5 Å². The van der Waals surface area contributed by atoms with Crippen LogP contribution >= 0.6 is 0 Å². The summed E-state index contributed by atoms with van der Waals surface area (Å²) >= 11 is 0. The number of Topliss-reactive ketones (excluding diaryl/α,β-unsaturated/α-hetero) is 1. The van der Waals surface area contributed by atoms with Gasteiger partial charge in [-0.25, -0.2) is 9.13 Å². The molecule has 2 aromatic carbocycles. The Morgan fingerprint density at radius 2 is 1.67 bits per heavy atom. The Morgan fingerprint density at radius 1 is 1.04 bits per heavy atom. The van der Waals surface area contributed by atoms with Crippen LogP contribution in [0.3, 0.4) is 0 Å². The molecule has 1 heterocycles. The summed E-state index contributed by atoms with van der Waals surface area (Å²) in [5.41, 5.74) is 4.35. The molecule has 0 spiro atoms. The van der Waals surface area contributed by atoms with Crippen LogP contribution in [0.1, 0.15) is 42.5 Å². The van der Waals surface area contributed by atoms with Crippen molar-refractivity contribution >= 4 is 16.8 Å². The third-order valence-corrected chi connectivity index (χ3v) is 4.78. The molecule has 0 aliphatic carbocycles. The predicted octanol–water partition coefficient (Wildman–Crippen LogP) is 3.95. The molecule has 0 saturated carbocycles. The van der Waals surface area contributed by atoms with Crippen molar-refractivity contribution in [2.45, 2.75) is 39.7 Å². The van der Waals surface area contributed by atoms with Crippen LogP contribution in [0.25, 0.3) is 11.0 Å². The number of aryl methyl sites for hydroxylation is 1. The summed E-state index contributed by atoms with van der Waals surface area (Å²) in [6.45, 7) is 8.95. The Balaban J connectivity index is 1.92. The number of ketones is 1. The number of carbonyl (C=O) groups excluding carboxylic acids is 1. The summed E-state index contributed by atoms with van der Waals surface area (Å²) in [6.07, 6.45) is 0. The van der Waals surface area contributed by atoms with Gasteiger partial charge in [0.2, 0.25) is 5.78 Å². The summed E-state index contributed by atoms with van der Waals surface area (Å²) in [7, 11) is 2.04. The number of rotatable bonds is 3. The quantitative estimate of drug-likeness (QED) is 0.530. The second-order valence-electron chi connectivity index (χ2n) is 7.43. The maximum absolute atomic E-state index is 12.8. The lowest BCUT2D eigenvalue weighted by Crippen LogP contribution is -2.31. The average Bonchev–Trinajstić information content (AvgIpc) is 2.79. The molecule has 3 aromatic rings. The van der Waals surface area contributed by atoms with E-state index in [1.807, 2.05) is 31.3 Å². The van der Waals surface area contributed by atoms with Crippen molar-refractivity contribution in [3.8, 4) is 0 Å². The van der Waals surface area contributed by atoms with Crippen LogP contribution < -0.4 is 4.57 Å². The number of imidazole rings is 1. The Kier molecular flexibility index (Phi) is 4.04. The van der Waals surface area contributed by atoms with Gasteiger partial charge in [-0.05, 0) is 23.1 Å². The highest BCUT2D eigenvalue weighted by Gasteiger charge is 2.22. The van der Waals surface area contributed by atoms with Gasteiger partial charge >= 0.3 is 0 Å². The lowest BCUT2D eigenvalue weighted by molar-refractivity contribution is -0.652. The van der Waals surface area contributed by atoms with Gasteiger partial charge in [0.15, 0.2) is 17.6 Å². The molecule has 3 rings (SSSR count). The zero-order chi connectivity index (χ0) is 17.5. The Labute approximate surface area is 143 Å². The number of benzene rings is 2. The van der Waals surface area contributed by atoms with Crippen molar-refractivity contribution in [3.63, 3.8) is 0 Å². The summed E-state index contributed by atoms with van der Waals surface area (Å²) in [4.78, 5) is 12.8. The zero-order valence-electron chi connectivity index (χ0n) is 15.1. The number of fused-ring (bicyclic) bond motifs is 1. The first-order chi connectivity index (χ1) is 11.3. The zero-order valence-corrected chi connectivity index (χ0v) is 15.1. The molecule has 3 nitrogen and oxygen atoms in total. The standard InChI is InChI=1S/C21H25N2O/c1-15-22(5)18-8-6-7-9-19(18)23(15)14-20(24)16-10-12-17(13-11-16)21(2,3)4/h6-13H,14H2,1-5H3/q+1. The minimum absolute atomic E-state index is 0.0998. The number of hydrogen-bond acceptors (Lipinski definition) is 1. The van der Waals surface area contributed by atoms with Crippen molar-refractivity contribution in [1.29, 1.82) is 0 Å². The Hall–Kier alpha value is -2.42. The van der Waals surface area contributed by atoms with Gasteiger partial charge in [-0.1, -0.05) is 57.2 Å². The highest BCUT2D eigenvalue weighted by atomic mass is 16.1. The number of para-hydroxylation sites is 2. The van der Waals surface area contributed by atoms with Crippen LogP contribution in [0.4, 0.5) is 0 Å². The van der Waals surface area contributed by atoms with Crippen LogP contribution in [0.5, 0.6) is 0 Å². The van der Waals surface area contributed by atoms with E-state index in [0.29, 0.717) is 6.54 Å². The SMILES string of the molecule is Cc1n(CC(=O)c2ccc(C(C)(C)C)cc2)c2ccccc2[n+]1C. The van der Waals surface area contributed by atoms with Gasteiger partial charge in [0.1, 0.15) is 0 Å². The lowest BCUT2D eigenvalue weighted by atomic mass is 9.86. The lowest BCUT2D eigenvalue weighted by Gasteiger charge is -2.18. The molecule has 0 atom stereocenters. The molecule has 0 radical (unpaired) electrons. The van der Waals surface area contributed by atoms with Gasteiger partial charge in [0.05, 0.1) is 7.05 Å². The fourth-order valence-electron chi connectivity index (χ4n) is 3.10. The molecule has 1 aromatic heterocycles. The highest BCUT2D eigenvalue weighted by Crippen LogP contribution is 2.22. The fraction of sp³-hybridized carbons (Fsp3) is 0.333. The monoisotopic (exact) mass is 321 g/mol. The number of carbonyl (C=O) groups is 1. The largest absolute Gasteiger partial charge is 0.290 e. The highest BCUT2D eigenvalue weighted by molar-refractivity contribution is 5.96. The molecule has 0 bridgehead atoms. The topological polar surface area (TPSA) is 25.9 Å². The second-order valence-corrected chi connectivity index (χ2v) is 7.43. The number of nitrogens with zero attached hydrogens (tertiary/aromatic N) is 2. The number of aromatic nitrogens is 2. The van der Waals surface area contributed by atoms with E-state index in [1.54, 1.807) is 0 Å². The molecule has 124 valence electrons. The third kappa shape index (κ3) is 2.86. The summed E-state index contributed by atoms with van der Waals surface area (Å²) < 4.78 is 4.22. The van der Waals surface area contributed by atoms with Gasteiger partial charge < -0.3 is 0 Å². The van der Waals surface area contributed by atoms with Crippen molar-refractivity contribution in [2.75, 3.05) is 0 Å². The van der Waals surface area contributed by atoms with Crippen molar-refractivity contribution in [2.24, 2.45) is 7.05 Å². The van der Waals surface area contributed by atoms with Gasteiger partial charge in [-0.2, -0.15) is 0 Å². The Morgan fingerprint density at radius 3 is 2.29 bits per heavy atom. The van der Waals surface area contributed by atoms with Crippen molar-refractivity contribution < 1.29 is 9.36 Å². The third-order valence-electron chi connectivity index (χ3n) is 4.78. The molecule has 0 N–H and O–H groups in total. The van der Waals surface area contributed by atoms with Gasteiger partial charge in [0.25, 0.3) is 5.82 Å². The molecule has 0 unspecified atom stereocenters. The van der Waals surface area contributed by atoms with E-state index in [9.17, 15) is 4.79 Å². The molecular weight excluding hydrogens is 296 g/mol.